The molecule has 0 saturated carbocycles. The van der Waals surface area contributed by atoms with E-state index in [-0.39, 0.29) is 16.8 Å². The molecule has 3 N–H and O–H groups in total. The van der Waals surface area contributed by atoms with Gasteiger partial charge >= 0.3 is 0 Å². The van der Waals surface area contributed by atoms with Crippen LogP contribution in [0.4, 0.5) is 17.5 Å². The quantitative estimate of drug-likeness (QED) is 0.674. The Morgan fingerprint density at radius 1 is 1.19 bits per heavy atom. The third-order valence-electron chi connectivity index (χ3n) is 4.01. The molecule has 10 heteroatoms. The monoisotopic (exact) mass is 390 g/mol. The lowest BCUT2D eigenvalue weighted by atomic mass is 10.2. The molecule has 27 heavy (non-hydrogen) atoms. The van der Waals surface area contributed by atoms with Gasteiger partial charge in [-0.25, -0.2) is 18.1 Å². The number of nitrogens with one attached hydrogen (secondary N) is 3. The van der Waals surface area contributed by atoms with Crippen molar-refractivity contribution in [2.45, 2.75) is 17.7 Å². The van der Waals surface area contributed by atoms with Gasteiger partial charge in [0.25, 0.3) is 5.91 Å². The van der Waals surface area contributed by atoms with E-state index >= 15 is 0 Å². The van der Waals surface area contributed by atoms with Crippen molar-refractivity contribution in [1.29, 1.82) is 0 Å². The van der Waals surface area contributed by atoms with Crippen molar-refractivity contribution in [3.05, 3.63) is 36.0 Å². The molecule has 0 unspecified atom stereocenters. The van der Waals surface area contributed by atoms with E-state index in [2.05, 4.69) is 25.3 Å². The lowest BCUT2D eigenvalue weighted by molar-refractivity contribution is 0.0828. The van der Waals surface area contributed by atoms with Gasteiger partial charge in [-0.05, 0) is 31.0 Å². The molecule has 9 nitrogen and oxygen atoms in total. The van der Waals surface area contributed by atoms with E-state index in [0.29, 0.717) is 43.0 Å². The van der Waals surface area contributed by atoms with E-state index in [4.69, 9.17) is 0 Å². The number of anilines is 3. The van der Waals surface area contributed by atoms with Crippen LogP contribution in [-0.4, -0.2) is 56.4 Å². The molecule has 1 aliphatic rings. The highest BCUT2D eigenvalue weighted by Crippen LogP contribution is 2.21. The highest BCUT2D eigenvalue weighted by molar-refractivity contribution is 7.89. The van der Waals surface area contributed by atoms with Gasteiger partial charge in [0.2, 0.25) is 16.0 Å². The van der Waals surface area contributed by atoms with Crippen LogP contribution in [0.15, 0.2) is 35.4 Å². The van der Waals surface area contributed by atoms with Gasteiger partial charge < -0.3 is 15.5 Å². The minimum Gasteiger partial charge on any atom is -0.369 e. The fourth-order valence-electron chi connectivity index (χ4n) is 2.59. The first-order valence-electron chi connectivity index (χ1n) is 8.56. The second-order valence-corrected chi connectivity index (χ2v) is 8.11. The maximum atomic E-state index is 12.4. The normalized spacial score (nSPS) is 16.4. The van der Waals surface area contributed by atoms with Crippen LogP contribution in [0.5, 0.6) is 0 Å². The number of amides is 1. The smallest absolute Gasteiger partial charge is 0.258 e. The van der Waals surface area contributed by atoms with E-state index in [1.807, 2.05) is 0 Å². The number of carbonyl (C=O) groups is 1. The SMILES string of the molecule is CN(C)C(=O)c1cnc2nc1NCCCCNS(=O)(=O)c1cccc(c1)N2. The van der Waals surface area contributed by atoms with Gasteiger partial charge in [-0.2, -0.15) is 4.98 Å². The molecule has 0 spiro atoms. The third kappa shape index (κ3) is 4.52. The van der Waals surface area contributed by atoms with Crippen LogP contribution in [0.1, 0.15) is 23.2 Å². The topological polar surface area (TPSA) is 116 Å². The van der Waals surface area contributed by atoms with E-state index in [1.165, 1.54) is 23.2 Å². The molecule has 144 valence electrons. The lowest BCUT2D eigenvalue weighted by Gasteiger charge is -2.16. The zero-order valence-corrected chi connectivity index (χ0v) is 16.0. The van der Waals surface area contributed by atoms with Crippen molar-refractivity contribution in [3.63, 3.8) is 0 Å². The number of nitrogens with zero attached hydrogens (tertiary/aromatic N) is 3. The molecule has 1 aliphatic heterocycles. The molecule has 2 aromatic rings. The molecular weight excluding hydrogens is 368 g/mol. The van der Waals surface area contributed by atoms with Gasteiger partial charge in [-0.15, -0.1) is 0 Å². The molecule has 1 amide bonds. The predicted octanol–water partition coefficient (Wildman–Crippen LogP) is 1.41. The van der Waals surface area contributed by atoms with Crippen LogP contribution in [0.25, 0.3) is 0 Å². The molecule has 4 bridgehead atoms. The number of sulfonamides is 1. The van der Waals surface area contributed by atoms with Crippen molar-refractivity contribution in [3.8, 4) is 0 Å². The summed E-state index contributed by atoms with van der Waals surface area (Å²) in [6.45, 7) is 0.886. The lowest BCUT2D eigenvalue weighted by Crippen LogP contribution is -2.26. The highest BCUT2D eigenvalue weighted by Gasteiger charge is 2.18. The second-order valence-electron chi connectivity index (χ2n) is 6.34. The van der Waals surface area contributed by atoms with Crippen LogP contribution in [0.3, 0.4) is 0 Å². The number of rotatable bonds is 1. The van der Waals surface area contributed by atoms with E-state index in [9.17, 15) is 13.2 Å². The minimum atomic E-state index is -3.57. The molecule has 1 aromatic carbocycles. The molecule has 0 aliphatic carbocycles. The minimum absolute atomic E-state index is 0.169. The molecule has 3 rings (SSSR count). The summed E-state index contributed by atoms with van der Waals surface area (Å²) in [7, 11) is -0.232. The summed E-state index contributed by atoms with van der Waals surface area (Å²) in [5, 5.41) is 6.15. The Kier molecular flexibility index (Phi) is 5.57. The second kappa shape index (κ2) is 7.89. The maximum Gasteiger partial charge on any atom is 0.258 e. The average molecular weight is 390 g/mol. The van der Waals surface area contributed by atoms with E-state index < -0.39 is 10.0 Å². The Balaban J connectivity index is 2.00. The zero-order chi connectivity index (χ0) is 19.4. The van der Waals surface area contributed by atoms with Gasteiger partial charge in [0.1, 0.15) is 11.4 Å². The zero-order valence-electron chi connectivity index (χ0n) is 15.2. The number of aromatic nitrogens is 2. The summed E-state index contributed by atoms with van der Waals surface area (Å²) in [4.78, 5) is 22.6. The van der Waals surface area contributed by atoms with Crippen molar-refractivity contribution >= 4 is 33.4 Å². The van der Waals surface area contributed by atoms with E-state index in [1.54, 1.807) is 26.2 Å². The fourth-order valence-corrected chi connectivity index (χ4v) is 3.71. The van der Waals surface area contributed by atoms with Crippen molar-refractivity contribution in [2.24, 2.45) is 0 Å². The predicted molar refractivity (Wildman–Crippen MR) is 103 cm³/mol. The molecule has 0 atom stereocenters. The largest absolute Gasteiger partial charge is 0.369 e. The number of benzene rings is 1. The highest BCUT2D eigenvalue weighted by atomic mass is 32.2. The van der Waals surface area contributed by atoms with E-state index in [0.717, 1.165) is 0 Å². The standard InChI is InChI=1S/C17H22N6O3S/c1-23(2)16(24)14-11-19-17-21-12-6-5-7-13(10-12)27(25,26)20-9-4-3-8-18-15(14)22-17/h5-7,10-11,20H,3-4,8-9H2,1-2H3,(H2,18,19,21,22). The summed E-state index contributed by atoms with van der Waals surface area (Å²) in [6.07, 6.45) is 2.83. The first-order chi connectivity index (χ1) is 12.9. The van der Waals surface area contributed by atoms with Crippen molar-refractivity contribution in [2.75, 3.05) is 37.8 Å². The number of hydrogen-bond acceptors (Lipinski definition) is 7. The molecule has 2 heterocycles. The summed E-state index contributed by atoms with van der Waals surface area (Å²) >= 11 is 0. The number of fused-ring (bicyclic) bond motifs is 4. The third-order valence-corrected chi connectivity index (χ3v) is 5.47. The summed E-state index contributed by atoms with van der Waals surface area (Å²) < 4.78 is 27.3. The first kappa shape index (κ1) is 19.1. The fraction of sp³-hybridized carbons (Fsp3) is 0.353. The summed E-state index contributed by atoms with van der Waals surface area (Å²) in [5.41, 5.74) is 0.916. The van der Waals surface area contributed by atoms with Crippen molar-refractivity contribution in [1.82, 2.24) is 19.6 Å². The Labute approximate surface area is 158 Å². The Bertz CT molecular complexity index is 945. The summed E-state index contributed by atoms with van der Waals surface area (Å²) in [6, 6.07) is 6.42. The first-order valence-corrected chi connectivity index (χ1v) is 10.0. The van der Waals surface area contributed by atoms with Gasteiger partial charge in [-0.1, -0.05) is 6.07 Å². The Hall–Kier alpha value is -2.72. The van der Waals surface area contributed by atoms with Gasteiger partial charge in [0.05, 0.1) is 4.90 Å². The maximum absolute atomic E-state index is 12.4. The van der Waals surface area contributed by atoms with Gasteiger partial charge in [0.15, 0.2) is 0 Å². The van der Waals surface area contributed by atoms with Crippen LogP contribution in [0.2, 0.25) is 0 Å². The van der Waals surface area contributed by atoms with Crippen LogP contribution in [0, 0.1) is 0 Å². The summed E-state index contributed by atoms with van der Waals surface area (Å²) in [5.74, 6) is 0.521. The number of hydrogen-bond donors (Lipinski definition) is 3. The number of carbonyl (C=O) groups excluding carboxylic acids is 1. The molecule has 1 aromatic heterocycles. The van der Waals surface area contributed by atoms with Gasteiger partial charge in [-0.3, -0.25) is 4.79 Å². The molecule has 0 saturated heterocycles. The molecular formula is C17H22N6O3S. The molecule has 0 radical (unpaired) electrons. The average Bonchev–Trinajstić information content (AvgIpc) is 2.63. The molecule has 0 fully saturated rings. The Morgan fingerprint density at radius 2 is 1.96 bits per heavy atom. The Morgan fingerprint density at radius 3 is 2.74 bits per heavy atom. The van der Waals surface area contributed by atoms with Crippen LogP contribution in [-0.2, 0) is 10.0 Å². The van der Waals surface area contributed by atoms with Crippen molar-refractivity contribution < 1.29 is 13.2 Å². The van der Waals surface area contributed by atoms with Crippen LogP contribution >= 0.6 is 0 Å². The van der Waals surface area contributed by atoms with Crippen LogP contribution < -0.4 is 15.4 Å². The van der Waals surface area contributed by atoms with Gasteiger partial charge in [0, 0.05) is 39.1 Å².